The monoisotopic (exact) mass is 251 g/mol. The molecule has 2 heteroatoms. The number of benzene rings is 1. The summed E-state index contributed by atoms with van der Waals surface area (Å²) in [5.74, 6) is 0. The number of fused-ring (bicyclic) bond motifs is 1. The van der Waals surface area contributed by atoms with Gasteiger partial charge in [-0.15, -0.1) is 11.3 Å². The minimum Gasteiger partial charge on any atom is -0.143 e. The van der Waals surface area contributed by atoms with Crippen molar-refractivity contribution in [2.45, 2.75) is 32.1 Å². The maximum absolute atomic E-state index is 5.97. The molecule has 1 heterocycles. The molecule has 85 valence electrons. The van der Waals surface area contributed by atoms with Gasteiger partial charge >= 0.3 is 0 Å². The number of hydrogen-bond donors (Lipinski definition) is 0. The van der Waals surface area contributed by atoms with Gasteiger partial charge in [0, 0.05) is 9.72 Å². The molecule has 0 aliphatic heterocycles. The minimum atomic E-state index is 0.831. The van der Waals surface area contributed by atoms with E-state index in [9.17, 15) is 0 Å². The Hall–Kier alpha value is -0.530. The summed E-state index contributed by atoms with van der Waals surface area (Å²) < 4.78 is 1.31. The van der Waals surface area contributed by atoms with E-state index in [2.05, 4.69) is 24.4 Å². The van der Waals surface area contributed by atoms with Crippen molar-refractivity contribution in [3.63, 3.8) is 0 Å². The molecule has 1 aromatic heterocycles. The van der Waals surface area contributed by atoms with Crippen LogP contribution in [0.25, 0.3) is 10.1 Å². The predicted octanol–water partition coefficient (Wildman–Crippen LogP) is 5.49. The fraction of sp³-hybridized carbons (Fsp3) is 0.357. The summed E-state index contributed by atoms with van der Waals surface area (Å²) >= 11 is 7.77. The smallest absolute Gasteiger partial charge is 0.0420 e. The summed E-state index contributed by atoms with van der Waals surface area (Å²) in [5, 5.41) is 4.48. The van der Waals surface area contributed by atoms with Gasteiger partial charge in [-0.3, -0.25) is 0 Å². The number of hydrogen-bond acceptors (Lipinski definition) is 1. The fourth-order valence-electron chi connectivity index (χ4n) is 1.92. The molecule has 2 aromatic rings. The highest BCUT2D eigenvalue weighted by molar-refractivity contribution is 7.17. The van der Waals surface area contributed by atoms with Crippen molar-refractivity contribution in [3.05, 3.63) is 41.1 Å². The molecule has 0 atom stereocenters. The molecular formula is C14H16ClS. The molecule has 0 spiro atoms. The Morgan fingerprint density at radius 2 is 2.06 bits per heavy atom. The van der Waals surface area contributed by atoms with Crippen LogP contribution in [0.2, 0.25) is 5.02 Å². The molecule has 0 amide bonds. The van der Waals surface area contributed by atoms with Crippen LogP contribution in [-0.4, -0.2) is 0 Å². The van der Waals surface area contributed by atoms with E-state index in [4.69, 9.17) is 11.6 Å². The van der Waals surface area contributed by atoms with Crippen LogP contribution in [-0.2, 0) is 6.42 Å². The quantitative estimate of drug-likeness (QED) is 0.617. The van der Waals surface area contributed by atoms with Crippen molar-refractivity contribution >= 4 is 33.0 Å². The molecule has 0 N–H and O–H groups in total. The zero-order valence-corrected chi connectivity index (χ0v) is 10.9. The molecule has 16 heavy (non-hydrogen) atoms. The first kappa shape index (κ1) is 11.9. The van der Waals surface area contributed by atoms with E-state index in [1.807, 2.05) is 6.07 Å². The highest BCUT2D eigenvalue weighted by Gasteiger charge is 2.04. The molecule has 0 unspecified atom stereocenters. The molecule has 0 aliphatic rings. The Morgan fingerprint density at radius 3 is 2.88 bits per heavy atom. The molecule has 2 rings (SSSR count). The molecule has 0 nitrogen and oxygen atoms in total. The third-order valence-electron chi connectivity index (χ3n) is 2.81. The molecule has 0 aliphatic carbocycles. The first-order chi connectivity index (χ1) is 7.81. The van der Waals surface area contributed by atoms with E-state index < -0.39 is 0 Å². The zero-order valence-electron chi connectivity index (χ0n) is 9.34. The van der Waals surface area contributed by atoms with Gasteiger partial charge in [-0.25, -0.2) is 0 Å². The van der Waals surface area contributed by atoms with E-state index in [-0.39, 0.29) is 0 Å². The van der Waals surface area contributed by atoms with Gasteiger partial charge < -0.3 is 0 Å². The lowest BCUT2D eigenvalue weighted by atomic mass is 10.1. The number of thiophene rings is 1. The number of halogens is 1. The average Bonchev–Trinajstić information content (AvgIpc) is 2.67. The SMILES string of the molecule is [CH2]CCCCCc1csc2cc(Cl)ccc12. The van der Waals surface area contributed by atoms with Crippen molar-refractivity contribution in [2.75, 3.05) is 0 Å². The fourth-order valence-corrected chi connectivity index (χ4v) is 3.19. The summed E-state index contributed by atoms with van der Waals surface area (Å²) in [6, 6.07) is 6.18. The van der Waals surface area contributed by atoms with Crippen LogP contribution in [0.5, 0.6) is 0 Å². The average molecular weight is 252 g/mol. The maximum atomic E-state index is 5.97. The molecule has 1 radical (unpaired) electrons. The second kappa shape index (κ2) is 5.70. The topological polar surface area (TPSA) is 0 Å². The second-order valence-corrected chi connectivity index (χ2v) is 5.41. The van der Waals surface area contributed by atoms with Crippen molar-refractivity contribution in [3.8, 4) is 0 Å². The van der Waals surface area contributed by atoms with Gasteiger partial charge in [-0.1, -0.05) is 43.9 Å². The Kier molecular flexibility index (Phi) is 4.25. The van der Waals surface area contributed by atoms with Gasteiger partial charge in [-0.05, 0) is 41.3 Å². The van der Waals surface area contributed by atoms with Gasteiger partial charge in [0.15, 0.2) is 0 Å². The first-order valence-corrected chi connectivity index (χ1v) is 7.02. The van der Waals surface area contributed by atoms with Gasteiger partial charge in [0.25, 0.3) is 0 Å². The van der Waals surface area contributed by atoms with E-state index in [1.54, 1.807) is 11.3 Å². The Balaban J connectivity index is 2.07. The predicted molar refractivity (Wildman–Crippen MR) is 74.4 cm³/mol. The molecule has 1 aromatic carbocycles. The standard InChI is InChI=1S/C14H16ClS/c1-2-3-4-5-6-11-10-16-14-9-12(15)7-8-13(11)14/h7-10H,1-6H2. The van der Waals surface area contributed by atoms with Gasteiger partial charge in [-0.2, -0.15) is 0 Å². The van der Waals surface area contributed by atoms with Crippen LogP contribution >= 0.6 is 22.9 Å². The lowest BCUT2D eigenvalue weighted by molar-refractivity contribution is 0.688. The lowest BCUT2D eigenvalue weighted by Crippen LogP contribution is -1.83. The van der Waals surface area contributed by atoms with Crippen LogP contribution in [0.15, 0.2) is 23.6 Å². The summed E-state index contributed by atoms with van der Waals surface area (Å²) in [5.41, 5.74) is 1.47. The Bertz CT molecular complexity index is 459. The van der Waals surface area contributed by atoms with Crippen molar-refractivity contribution < 1.29 is 0 Å². The third kappa shape index (κ3) is 2.78. The third-order valence-corrected chi connectivity index (χ3v) is 4.04. The van der Waals surface area contributed by atoms with Crippen molar-refractivity contribution in [1.82, 2.24) is 0 Å². The lowest BCUT2D eigenvalue weighted by Gasteiger charge is -1.99. The van der Waals surface area contributed by atoms with Gasteiger partial charge in [0.2, 0.25) is 0 Å². The largest absolute Gasteiger partial charge is 0.143 e. The number of unbranched alkanes of at least 4 members (excludes halogenated alkanes) is 3. The summed E-state index contributed by atoms with van der Waals surface area (Å²) in [6.45, 7) is 3.87. The Morgan fingerprint density at radius 1 is 1.19 bits per heavy atom. The normalized spacial score (nSPS) is 11.1. The summed E-state index contributed by atoms with van der Waals surface area (Å²) in [7, 11) is 0. The van der Waals surface area contributed by atoms with Gasteiger partial charge in [0.05, 0.1) is 0 Å². The van der Waals surface area contributed by atoms with Crippen LogP contribution in [0, 0.1) is 6.92 Å². The number of rotatable bonds is 5. The van der Waals surface area contributed by atoms with Crippen LogP contribution in [0.3, 0.4) is 0 Å². The van der Waals surface area contributed by atoms with E-state index in [0.29, 0.717) is 0 Å². The molecule has 0 fully saturated rings. The minimum absolute atomic E-state index is 0.831. The zero-order chi connectivity index (χ0) is 11.4. The van der Waals surface area contributed by atoms with Crippen molar-refractivity contribution in [2.24, 2.45) is 0 Å². The second-order valence-electron chi connectivity index (χ2n) is 4.07. The number of aryl methyl sites for hydroxylation is 1. The molecular weight excluding hydrogens is 236 g/mol. The highest BCUT2D eigenvalue weighted by Crippen LogP contribution is 2.29. The molecule has 0 saturated heterocycles. The van der Waals surface area contributed by atoms with Crippen LogP contribution in [0.4, 0.5) is 0 Å². The van der Waals surface area contributed by atoms with E-state index in [1.165, 1.54) is 41.3 Å². The van der Waals surface area contributed by atoms with Crippen LogP contribution < -0.4 is 0 Å². The van der Waals surface area contributed by atoms with Crippen LogP contribution in [0.1, 0.15) is 31.2 Å². The summed E-state index contributed by atoms with van der Waals surface area (Å²) in [4.78, 5) is 0. The maximum Gasteiger partial charge on any atom is 0.0420 e. The first-order valence-electron chi connectivity index (χ1n) is 5.76. The van der Waals surface area contributed by atoms with Gasteiger partial charge in [0.1, 0.15) is 0 Å². The van der Waals surface area contributed by atoms with E-state index in [0.717, 1.165) is 11.4 Å². The van der Waals surface area contributed by atoms with E-state index >= 15 is 0 Å². The highest BCUT2D eigenvalue weighted by atomic mass is 35.5. The molecule has 0 saturated carbocycles. The molecule has 0 bridgehead atoms. The Labute approximate surface area is 106 Å². The summed E-state index contributed by atoms with van der Waals surface area (Å²) in [6.07, 6.45) is 6.04. The van der Waals surface area contributed by atoms with Crippen molar-refractivity contribution in [1.29, 1.82) is 0 Å².